The van der Waals surface area contributed by atoms with Gasteiger partial charge in [-0.2, -0.15) is 13.2 Å². The first kappa shape index (κ1) is 19.7. The highest BCUT2D eigenvalue weighted by atomic mass is 19.4. The standard InChI is InChI=1S/C16H18F3N3O4/c1-26-14(24)8-12-15(25)20-6-7-22(12)9-13(23)21-11-4-2-10(3-5-11)16(17,18)19/h2-5,12H,6-9H2,1H3,(H,20,25)(H,21,23)/p+1/t12-/m0/s1. The molecule has 7 nitrogen and oxygen atoms in total. The molecule has 1 aromatic rings. The van der Waals surface area contributed by atoms with Crippen molar-refractivity contribution >= 4 is 23.5 Å². The van der Waals surface area contributed by atoms with Crippen LogP contribution in [0.1, 0.15) is 12.0 Å². The molecule has 2 amide bonds. The van der Waals surface area contributed by atoms with Gasteiger partial charge in [-0.1, -0.05) is 0 Å². The number of methoxy groups -OCH3 is 1. The van der Waals surface area contributed by atoms with E-state index in [9.17, 15) is 27.6 Å². The summed E-state index contributed by atoms with van der Waals surface area (Å²) < 4.78 is 42.2. The van der Waals surface area contributed by atoms with Gasteiger partial charge in [0.15, 0.2) is 12.6 Å². The molecule has 0 aliphatic carbocycles. The molecule has 2 rings (SSSR count). The zero-order valence-corrected chi connectivity index (χ0v) is 14.0. The van der Waals surface area contributed by atoms with Gasteiger partial charge in [0.1, 0.15) is 6.42 Å². The highest BCUT2D eigenvalue weighted by Gasteiger charge is 2.37. The summed E-state index contributed by atoms with van der Waals surface area (Å²) in [6.07, 6.45) is -4.61. The van der Waals surface area contributed by atoms with Gasteiger partial charge in [-0.25, -0.2) is 0 Å². The van der Waals surface area contributed by atoms with Gasteiger partial charge in [0.05, 0.1) is 25.8 Å². The molecule has 1 saturated heterocycles. The van der Waals surface area contributed by atoms with Gasteiger partial charge in [-0.15, -0.1) is 0 Å². The van der Waals surface area contributed by atoms with Crippen LogP contribution in [-0.2, 0) is 25.3 Å². The molecule has 3 N–H and O–H groups in total. The van der Waals surface area contributed by atoms with E-state index in [1.165, 1.54) is 7.11 Å². The average Bonchev–Trinajstić information content (AvgIpc) is 2.57. The quantitative estimate of drug-likeness (QED) is 0.612. The van der Waals surface area contributed by atoms with E-state index >= 15 is 0 Å². The Bertz CT molecular complexity index is 676. The first-order valence-corrected chi connectivity index (χ1v) is 7.87. The maximum absolute atomic E-state index is 12.5. The molecule has 1 unspecified atom stereocenters. The largest absolute Gasteiger partial charge is 0.469 e. The van der Waals surface area contributed by atoms with Crippen molar-refractivity contribution in [3.63, 3.8) is 0 Å². The maximum atomic E-state index is 12.5. The number of rotatable bonds is 5. The number of carbonyl (C=O) groups is 3. The molecule has 1 heterocycles. The lowest BCUT2D eigenvalue weighted by Crippen LogP contribution is -3.20. The number of alkyl halides is 3. The second-order valence-corrected chi connectivity index (χ2v) is 5.83. The number of benzene rings is 1. The monoisotopic (exact) mass is 374 g/mol. The Balaban J connectivity index is 1.98. The second-order valence-electron chi connectivity index (χ2n) is 5.83. The van der Waals surface area contributed by atoms with Crippen molar-refractivity contribution in [2.75, 3.05) is 32.1 Å². The predicted octanol–water partition coefficient (Wildman–Crippen LogP) is -0.410. The van der Waals surface area contributed by atoms with E-state index in [4.69, 9.17) is 0 Å². The van der Waals surface area contributed by atoms with Gasteiger partial charge in [0.25, 0.3) is 11.8 Å². The zero-order chi connectivity index (χ0) is 19.3. The Labute approximate surface area is 147 Å². The highest BCUT2D eigenvalue weighted by Crippen LogP contribution is 2.29. The lowest BCUT2D eigenvalue weighted by molar-refractivity contribution is -0.909. The number of ether oxygens (including phenoxy) is 1. The van der Waals surface area contributed by atoms with E-state index in [0.717, 1.165) is 24.3 Å². The number of halogens is 3. The number of hydrogen-bond donors (Lipinski definition) is 3. The first-order valence-electron chi connectivity index (χ1n) is 7.87. The van der Waals surface area contributed by atoms with Crippen LogP contribution in [0.5, 0.6) is 0 Å². The van der Waals surface area contributed by atoms with Crippen molar-refractivity contribution in [2.45, 2.75) is 18.6 Å². The molecule has 0 saturated carbocycles. The van der Waals surface area contributed by atoms with Crippen molar-refractivity contribution in [3.8, 4) is 0 Å². The number of nitrogens with one attached hydrogen (secondary N) is 3. The van der Waals surface area contributed by atoms with Crippen LogP contribution in [0.3, 0.4) is 0 Å². The van der Waals surface area contributed by atoms with Gasteiger partial charge >= 0.3 is 12.1 Å². The minimum absolute atomic E-state index is 0.101. The average molecular weight is 374 g/mol. The molecule has 0 bridgehead atoms. The summed E-state index contributed by atoms with van der Waals surface area (Å²) in [7, 11) is 1.21. The molecule has 2 atom stereocenters. The van der Waals surface area contributed by atoms with Crippen molar-refractivity contribution in [1.29, 1.82) is 0 Å². The SMILES string of the molecule is COC(=O)C[C@H]1C(=O)NCC[NH+]1CC(=O)Nc1ccc(C(F)(F)F)cc1. The van der Waals surface area contributed by atoms with Crippen LogP contribution in [-0.4, -0.2) is 50.6 Å². The normalized spacial score (nSPS) is 20.2. The number of piperazine rings is 1. The number of quaternary nitrogens is 1. The van der Waals surface area contributed by atoms with E-state index < -0.39 is 29.7 Å². The third-order valence-electron chi connectivity index (χ3n) is 4.04. The Morgan fingerprint density at radius 3 is 2.54 bits per heavy atom. The molecule has 1 aliphatic heterocycles. The van der Waals surface area contributed by atoms with Crippen LogP contribution < -0.4 is 15.5 Å². The van der Waals surface area contributed by atoms with Gasteiger partial charge in [-0.05, 0) is 24.3 Å². The molecule has 10 heteroatoms. The summed E-state index contributed by atoms with van der Waals surface area (Å²) in [4.78, 5) is 36.2. The highest BCUT2D eigenvalue weighted by molar-refractivity contribution is 5.92. The summed E-state index contributed by atoms with van der Waals surface area (Å²) in [6, 6.07) is 3.30. The number of esters is 1. The molecule has 1 aromatic carbocycles. The Morgan fingerprint density at radius 1 is 1.31 bits per heavy atom. The second kappa shape index (κ2) is 8.17. The minimum Gasteiger partial charge on any atom is -0.469 e. The zero-order valence-electron chi connectivity index (χ0n) is 14.0. The van der Waals surface area contributed by atoms with Gasteiger partial charge < -0.3 is 20.3 Å². The molecule has 0 radical (unpaired) electrons. The Kier molecular flexibility index (Phi) is 6.19. The van der Waals surface area contributed by atoms with Crippen LogP contribution in [0, 0.1) is 0 Å². The van der Waals surface area contributed by atoms with Gasteiger partial charge in [0.2, 0.25) is 0 Å². The topological polar surface area (TPSA) is 88.9 Å². The van der Waals surface area contributed by atoms with E-state index in [1.54, 1.807) is 0 Å². The van der Waals surface area contributed by atoms with E-state index in [-0.39, 0.29) is 24.6 Å². The molecule has 26 heavy (non-hydrogen) atoms. The predicted molar refractivity (Wildman–Crippen MR) is 84.2 cm³/mol. The van der Waals surface area contributed by atoms with Gasteiger partial charge in [-0.3, -0.25) is 14.4 Å². The molecular weight excluding hydrogens is 355 g/mol. The lowest BCUT2D eigenvalue weighted by Gasteiger charge is -2.30. The van der Waals surface area contributed by atoms with E-state index in [1.807, 2.05) is 0 Å². The summed E-state index contributed by atoms with van der Waals surface area (Å²) in [6.45, 7) is 0.698. The number of amides is 2. The van der Waals surface area contributed by atoms with Crippen LogP contribution in [0.25, 0.3) is 0 Å². The Morgan fingerprint density at radius 2 is 1.96 bits per heavy atom. The number of carbonyl (C=O) groups excluding carboxylic acids is 3. The first-order chi connectivity index (χ1) is 12.2. The van der Waals surface area contributed by atoms with E-state index in [2.05, 4.69) is 15.4 Å². The van der Waals surface area contributed by atoms with E-state index in [0.29, 0.717) is 18.0 Å². The van der Waals surface area contributed by atoms with Crippen LogP contribution in [0.15, 0.2) is 24.3 Å². The minimum atomic E-state index is -4.45. The fourth-order valence-electron chi connectivity index (χ4n) is 2.68. The summed E-state index contributed by atoms with van der Waals surface area (Å²) in [5, 5.41) is 5.12. The molecular formula is C16H19F3N3O4+. The fraction of sp³-hybridized carbons (Fsp3) is 0.438. The lowest BCUT2D eigenvalue weighted by atomic mass is 10.1. The van der Waals surface area contributed by atoms with Crippen molar-refractivity contribution in [1.82, 2.24) is 5.32 Å². The molecule has 1 aliphatic rings. The van der Waals surface area contributed by atoms with Crippen molar-refractivity contribution in [2.24, 2.45) is 0 Å². The van der Waals surface area contributed by atoms with Crippen molar-refractivity contribution in [3.05, 3.63) is 29.8 Å². The molecule has 1 fully saturated rings. The molecule has 0 spiro atoms. The molecule has 0 aromatic heterocycles. The fourth-order valence-corrected chi connectivity index (χ4v) is 2.68. The van der Waals surface area contributed by atoms with Crippen LogP contribution >= 0.6 is 0 Å². The summed E-state index contributed by atoms with van der Waals surface area (Å²) >= 11 is 0. The van der Waals surface area contributed by atoms with Crippen LogP contribution in [0.4, 0.5) is 18.9 Å². The smallest absolute Gasteiger partial charge is 0.416 e. The summed E-state index contributed by atoms with van der Waals surface area (Å²) in [5.74, 6) is -1.38. The van der Waals surface area contributed by atoms with Crippen LogP contribution in [0.2, 0.25) is 0 Å². The number of anilines is 1. The summed E-state index contributed by atoms with van der Waals surface area (Å²) in [5.41, 5.74) is -0.597. The third-order valence-corrected chi connectivity index (χ3v) is 4.04. The van der Waals surface area contributed by atoms with Crippen molar-refractivity contribution < 1.29 is 37.2 Å². The Hall–Kier alpha value is -2.62. The number of hydrogen-bond acceptors (Lipinski definition) is 4. The molecule has 142 valence electrons. The third kappa shape index (κ3) is 5.19. The maximum Gasteiger partial charge on any atom is 0.416 e. The van der Waals surface area contributed by atoms with Gasteiger partial charge in [0, 0.05) is 5.69 Å².